The number of nitrogens with zero attached hydrogens (tertiary/aromatic N) is 2. The zero-order valence-corrected chi connectivity index (χ0v) is 6.31. The van der Waals surface area contributed by atoms with Crippen molar-refractivity contribution in [3.05, 3.63) is 29.5 Å². The number of aromatic nitrogens is 2. The number of nitriles is 1. The van der Waals surface area contributed by atoms with Crippen LogP contribution in [0.5, 0.6) is 0 Å². The average molecular weight is 179 g/mol. The van der Waals surface area contributed by atoms with E-state index in [-0.39, 0.29) is 11.1 Å². The van der Waals surface area contributed by atoms with Gasteiger partial charge in [-0.3, -0.25) is 5.10 Å². The van der Waals surface area contributed by atoms with Crippen LogP contribution in [0.15, 0.2) is 12.1 Å². The zero-order chi connectivity index (χ0) is 9.42. The van der Waals surface area contributed by atoms with Crippen LogP contribution in [-0.4, -0.2) is 10.2 Å². The van der Waals surface area contributed by atoms with E-state index in [1.54, 1.807) is 6.07 Å². The van der Waals surface area contributed by atoms with E-state index in [2.05, 4.69) is 10.2 Å². The van der Waals surface area contributed by atoms with Crippen LogP contribution in [0.4, 0.5) is 8.78 Å². The quantitative estimate of drug-likeness (QED) is 0.669. The van der Waals surface area contributed by atoms with E-state index in [9.17, 15) is 8.78 Å². The smallest absolute Gasteiger partial charge is 0.173 e. The number of halogens is 2. The maximum Gasteiger partial charge on any atom is 0.173 e. The molecule has 0 bridgehead atoms. The minimum Gasteiger partial charge on any atom is -0.276 e. The van der Waals surface area contributed by atoms with Gasteiger partial charge in [0.2, 0.25) is 0 Å². The van der Waals surface area contributed by atoms with E-state index in [4.69, 9.17) is 5.26 Å². The topological polar surface area (TPSA) is 52.5 Å². The molecule has 0 saturated heterocycles. The molecule has 0 radical (unpaired) electrons. The molecule has 1 aromatic heterocycles. The van der Waals surface area contributed by atoms with Gasteiger partial charge in [0, 0.05) is 0 Å². The third kappa shape index (κ3) is 0.957. The molecule has 3 nitrogen and oxygen atoms in total. The summed E-state index contributed by atoms with van der Waals surface area (Å²) in [4.78, 5) is 0. The normalized spacial score (nSPS) is 10.2. The second kappa shape index (κ2) is 2.52. The highest BCUT2D eigenvalue weighted by molar-refractivity contribution is 5.84. The standard InChI is InChI=1S/C8H3F2N3/c9-4-1-2-5-7(8(4)10)6(3-11)13-12-5/h1-2H,(H,12,13). The van der Waals surface area contributed by atoms with Crippen LogP contribution in [0.3, 0.4) is 0 Å². The lowest BCUT2D eigenvalue weighted by atomic mass is 10.2. The highest BCUT2D eigenvalue weighted by atomic mass is 19.2. The lowest BCUT2D eigenvalue weighted by Gasteiger charge is -1.92. The lowest BCUT2D eigenvalue weighted by Crippen LogP contribution is -1.85. The molecule has 0 unspecified atom stereocenters. The third-order valence-corrected chi connectivity index (χ3v) is 1.73. The Kier molecular flexibility index (Phi) is 1.49. The first-order valence-corrected chi connectivity index (χ1v) is 3.46. The van der Waals surface area contributed by atoms with Crippen molar-refractivity contribution < 1.29 is 8.78 Å². The van der Waals surface area contributed by atoms with Crippen molar-refractivity contribution in [1.82, 2.24) is 10.2 Å². The van der Waals surface area contributed by atoms with Crippen molar-refractivity contribution in [3.8, 4) is 6.07 Å². The Morgan fingerprint density at radius 2 is 2.15 bits per heavy atom. The van der Waals surface area contributed by atoms with Gasteiger partial charge in [-0.1, -0.05) is 0 Å². The minimum atomic E-state index is -1.04. The maximum atomic E-state index is 13.1. The molecule has 0 spiro atoms. The van der Waals surface area contributed by atoms with Crippen LogP contribution in [-0.2, 0) is 0 Å². The van der Waals surface area contributed by atoms with Gasteiger partial charge in [-0.2, -0.15) is 10.4 Å². The molecule has 1 aromatic carbocycles. The monoisotopic (exact) mass is 179 g/mol. The number of aromatic amines is 1. The molecule has 64 valence electrons. The SMILES string of the molecule is N#Cc1n[nH]c2ccc(F)c(F)c12. The van der Waals surface area contributed by atoms with Crippen molar-refractivity contribution in [2.24, 2.45) is 0 Å². The Balaban J connectivity index is 2.95. The van der Waals surface area contributed by atoms with Gasteiger partial charge >= 0.3 is 0 Å². The van der Waals surface area contributed by atoms with Crippen LogP contribution >= 0.6 is 0 Å². The summed E-state index contributed by atoms with van der Waals surface area (Å²) in [7, 11) is 0. The molecule has 0 aliphatic rings. The fraction of sp³-hybridized carbons (Fsp3) is 0. The molecular weight excluding hydrogens is 176 g/mol. The Hall–Kier alpha value is -1.96. The largest absolute Gasteiger partial charge is 0.276 e. The van der Waals surface area contributed by atoms with E-state index < -0.39 is 11.6 Å². The summed E-state index contributed by atoms with van der Waals surface area (Å²) >= 11 is 0. The first-order valence-electron chi connectivity index (χ1n) is 3.46. The van der Waals surface area contributed by atoms with Gasteiger partial charge in [0.15, 0.2) is 17.3 Å². The van der Waals surface area contributed by atoms with Crippen LogP contribution < -0.4 is 0 Å². The van der Waals surface area contributed by atoms with Gasteiger partial charge in [0.25, 0.3) is 0 Å². The van der Waals surface area contributed by atoms with Gasteiger partial charge < -0.3 is 0 Å². The molecule has 0 aliphatic heterocycles. The van der Waals surface area contributed by atoms with Gasteiger partial charge in [-0.15, -0.1) is 0 Å². The second-order valence-electron chi connectivity index (χ2n) is 2.47. The molecule has 0 fully saturated rings. The first kappa shape index (κ1) is 7.68. The molecule has 1 N–H and O–H groups in total. The summed E-state index contributed by atoms with van der Waals surface area (Å²) < 4.78 is 25.8. The summed E-state index contributed by atoms with van der Waals surface area (Å²) in [6, 6.07) is 3.99. The first-order chi connectivity index (χ1) is 6.24. The Bertz CT molecular complexity index is 510. The molecule has 13 heavy (non-hydrogen) atoms. The van der Waals surface area contributed by atoms with E-state index in [1.165, 1.54) is 6.07 Å². The van der Waals surface area contributed by atoms with Gasteiger partial charge in [-0.25, -0.2) is 8.78 Å². The molecule has 1 heterocycles. The summed E-state index contributed by atoms with van der Waals surface area (Å²) in [5.41, 5.74) is 0.183. The lowest BCUT2D eigenvalue weighted by molar-refractivity contribution is 0.517. The molecule has 0 atom stereocenters. The maximum absolute atomic E-state index is 13.1. The summed E-state index contributed by atoms with van der Waals surface area (Å²) in [6.45, 7) is 0. The minimum absolute atomic E-state index is 0.0949. The Morgan fingerprint density at radius 3 is 2.85 bits per heavy atom. The molecule has 2 rings (SSSR count). The fourth-order valence-corrected chi connectivity index (χ4v) is 1.13. The Morgan fingerprint density at radius 1 is 1.38 bits per heavy atom. The highest BCUT2D eigenvalue weighted by Crippen LogP contribution is 2.20. The molecule has 2 aromatic rings. The molecule has 5 heteroatoms. The number of rotatable bonds is 0. The number of hydrogen-bond acceptors (Lipinski definition) is 2. The molecule has 0 aliphatic carbocycles. The predicted octanol–water partition coefficient (Wildman–Crippen LogP) is 1.71. The number of hydrogen-bond donors (Lipinski definition) is 1. The van der Waals surface area contributed by atoms with Crippen LogP contribution in [0.2, 0.25) is 0 Å². The van der Waals surface area contributed by atoms with Gasteiger partial charge in [0.1, 0.15) is 6.07 Å². The van der Waals surface area contributed by atoms with E-state index in [1.807, 2.05) is 0 Å². The van der Waals surface area contributed by atoms with Crippen molar-refractivity contribution in [3.63, 3.8) is 0 Å². The summed E-state index contributed by atoms with van der Waals surface area (Å²) in [5, 5.41) is 14.4. The summed E-state index contributed by atoms with van der Waals surface area (Å²) in [6.07, 6.45) is 0. The van der Waals surface area contributed by atoms with Crippen LogP contribution in [0.25, 0.3) is 10.9 Å². The van der Waals surface area contributed by atoms with E-state index in [0.29, 0.717) is 5.52 Å². The van der Waals surface area contributed by atoms with E-state index in [0.717, 1.165) is 6.07 Å². The van der Waals surface area contributed by atoms with Gasteiger partial charge in [-0.05, 0) is 12.1 Å². The van der Waals surface area contributed by atoms with Crippen molar-refractivity contribution in [2.75, 3.05) is 0 Å². The average Bonchev–Trinajstić information content (AvgIpc) is 2.55. The van der Waals surface area contributed by atoms with Crippen molar-refractivity contribution in [1.29, 1.82) is 5.26 Å². The van der Waals surface area contributed by atoms with Crippen molar-refractivity contribution >= 4 is 10.9 Å². The number of benzene rings is 1. The zero-order valence-electron chi connectivity index (χ0n) is 6.31. The number of fused-ring (bicyclic) bond motifs is 1. The fourth-order valence-electron chi connectivity index (χ4n) is 1.13. The van der Waals surface area contributed by atoms with Crippen molar-refractivity contribution in [2.45, 2.75) is 0 Å². The van der Waals surface area contributed by atoms with E-state index >= 15 is 0 Å². The molecule has 0 amide bonds. The van der Waals surface area contributed by atoms with Gasteiger partial charge in [0.05, 0.1) is 10.9 Å². The predicted molar refractivity (Wildman–Crippen MR) is 40.7 cm³/mol. The number of H-pyrrole nitrogens is 1. The molecule has 0 saturated carbocycles. The third-order valence-electron chi connectivity index (χ3n) is 1.73. The summed E-state index contributed by atoms with van der Waals surface area (Å²) in [5.74, 6) is -2.02. The van der Waals surface area contributed by atoms with Crippen LogP contribution in [0.1, 0.15) is 5.69 Å². The Labute approximate surface area is 71.6 Å². The van der Waals surface area contributed by atoms with Crippen LogP contribution in [0, 0.1) is 23.0 Å². The second-order valence-corrected chi connectivity index (χ2v) is 2.47. The molecular formula is C8H3F2N3. The number of nitrogens with one attached hydrogen (secondary N) is 1. The highest BCUT2D eigenvalue weighted by Gasteiger charge is 2.13.